The van der Waals surface area contributed by atoms with Crippen LogP contribution in [-0.2, 0) is 11.3 Å². The van der Waals surface area contributed by atoms with E-state index in [0.29, 0.717) is 13.2 Å². The lowest BCUT2D eigenvalue weighted by molar-refractivity contribution is 0.0510. The average molecular weight is 343 g/mol. The number of amides is 1. The number of nitrogens with one attached hydrogen (secondary N) is 1. The summed E-state index contributed by atoms with van der Waals surface area (Å²) in [7, 11) is 0. The lowest BCUT2D eigenvalue weighted by Gasteiger charge is -2.24. The Kier molecular flexibility index (Phi) is 6.09. The summed E-state index contributed by atoms with van der Waals surface area (Å²) >= 11 is 0. The van der Waals surface area contributed by atoms with Crippen molar-refractivity contribution in [2.45, 2.75) is 19.1 Å². The topological polar surface area (TPSA) is 54.5 Å². The number of aromatic nitrogens is 1. The average Bonchev–Trinajstić information content (AvgIpc) is 2.86. The van der Waals surface area contributed by atoms with Crippen molar-refractivity contribution in [1.29, 1.82) is 0 Å². The van der Waals surface area contributed by atoms with E-state index in [4.69, 9.17) is 4.74 Å². The van der Waals surface area contributed by atoms with Gasteiger partial charge in [-0.25, -0.2) is 4.39 Å². The fraction of sp³-hybridized carbons (Fsp3) is 0.368. The molecule has 1 aromatic heterocycles. The summed E-state index contributed by atoms with van der Waals surface area (Å²) in [5.74, 6) is -1.06. The molecule has 0 bridgehead atoms. The summed E-state index contributed by atoms with van der Waals surface area (Å²) < 4.78 is 19.4. The molecule has 1 N–H and O–H groups in total. The first-order valence-electron chi connectivity index (χ1n) is 8.48. The van der Waals surface area contributed by atoms with Gasteiger partial charge in [0.2, 0.25) is 0 Å². The molecule has 0 unspecified atom stereocenters. The zero-order chi connectivity index (χ0) is 17.5. The quantitative estimate of drug-likeness (QED) is 0.905. The molecule has 0 spiro atoms. The molecule has 1 fully saturated rings. The van der Waals surface area contributed by atoms with Gasteiger partial charge in [-0.2, -0.15) is 0 Å². The van der Waals surface area contributed by atoms with Gasteiger partial charge in [0.15, 0.2) is 5.82 Å². The minimum absolute atomic E-state index is 0.00441. The molecule has 1 aliphatic rings. The third-order valence-electron chi connectivity index (χ3n) is 4.19. The summed E-state index contributed by atoms with van der Waals surface area (Å²) in [6, 6.07) is 11.7. The van der Waals surface area contributed by atoms with Gasteiger partial charge >= 0.3 is 0 Å². The number of pyridine rings is 1. The largest absolute Gasteiger partial charge is 0.375 e. The van der Waals surface area contributed by atoms with Crippen molar-refractivity contribution >= 4 is 5.91 Å². The molecule has 1 aromatic carbocycles. The minimum atomic E-state index is -0.618. The molecule has 0 saturated carbocycles. The lowest BCUT2D eigenvalue weighted by atomic mass is 10.2. The van der Waals surface area contributed by atoms with Crippen molar-refractivity contribution in [3.63, 3.8) is 0 Å². The minimum Gasteiger partial charge on any atom is -0.375 e. The maximum absolute atomic E-state index is 13.6. The van der Waals surface area contributed by atoms with E-state index in [9.17, 15) is 9.18 Å². The Morgan fingerprint density at radius 2 is 2.16 bits per heavy atom. The van der Waals surface area contributed by atoms with Gasteiger partial charge in [0.1, 0.15) is 0 Å². The predicted octanol–water partition coefficient (Wildman–Crippen LogP) is 2.24. The van der Waals surface area contributed by atoms with Crippen molar-refractivity contribution < 1.29 is 13.9 Å². The maximum Gasteiger partial charge on any atom is 0.254 e. The van der Waals surface area contributed by atoms with Gasteiger partial charge in [0.25, 0.3) is 5.91 Å². The van der Waals surface area contributed by atoms with Crippen molar-refractivity contribution in [2.75, 3.05) is 26.2 Å². The number of ether oxygens (including phenoxy) is 1. The van der Waals surface area contributed by atoms with Crippen LogP contribution >= 0.6 is 0 Å². The Hall–Kier alpha value is -2.31. The smallest absolute Gasteiger partial charge is 0.254 e. The highest BCUT2D eigenvalue weighted by Gasteiger charge is 2.20. The van der Waals surface area contributed by atoms with Crippen molar-refractivity contribution in [1.82, 2.24) is 15.2 Å². The van der Waals surface area contributed by atoms with E-state index in [1.807, 2.05) is 18.2 Å². The normalized spacial score (nSPS) is 18.5. The Morgan fingerprint density at radius 1 is 1.32 bits per heavy atom. The van der Waals surface area contributed by atoms with Crippen LogP contribution in [0.25, 0.3) is 0 Å². The van der Waals surface area contributed by atoms with Crippen LogP contribution in [0.5, 0.6) is 0 Å². The zero-order valence-electron chi connectivity index (χ0n) is 14.0. The molecule has 1 saturated heterocycles. The Bertz CT molecular complexity index is 696. The second-order valence-electron chi connectivity index (χ2n) is 6.13. The molecule has 6 heteroatoms. The third-order valence-corrected chi connectivity index (χ3v) is 4.19. The Morgan fingerprint density at radius 3 is 2.96 bits per heavy atom. The monoisotopic (exact) mass is 343 g/mol. The van der Waals surface area contributed by atoms with Gasteiger partial charge in [-0.15, -0.1) is 0 Å². The van der Waals surface area contributed by atoms with E-state index < -0.39 is 11.7 Å². The molecular formula is C19H22FN3O2. The first-order valence-corrected chi connectivity index (χ1v) is 8.48. The molecule has 1 amide bonds. The van der Waals surface area contributed by atoms with Crippen LogP contribution in [0.1, 0.15) is 22.3 Å². The van der Waals surface area contributed by atoms with Crippen LogP contribution in [0.2, 0.25) is 0 Å². The Balaban J connectivity index is 1.54. The summed E-state index contributed by atoms with van der Waals surface area (Å²) in [4.78, 5) is 18.1. The first-order chi connectivity index (χ1) is 12.2. The first kappa shape index (κ1) is 17.5. The van der Waals surface area contributed by atoms with E-state index >= 15 is 0 Å². The number of carbonyl (C=O) groups excluding carboxylic acids is 1. The summed E-state index contributed by atoms with van der Waals surface area (Å²) in [6.07, 6.45) is 3.29. The highest BCUT2D eigenvalue weighted by molar-refractivity contribution is 5.94. The van der Waals surface area contributed by atoms with Crippen molar-refractivity contribution in [3.8, 4) is 0 Å². The highest BCUT2D eigenvalue weighted by Crippen LogP contribution is 2.11. The summed E-state index contributed by atoms with van der Waals surface area (Å²) in [5, 5.41) is 2.76. The molecule has 25 heavy (non-hydrogen) atoms. The molecule has 132 valence electrons. The third kappa shape index (κ3) is 5.08. The number of halogens is 1. The number of rotatable bonds is 5. The molecule has 1 aliphatic heterocycles. The number of hydrogen-bond acceptors (Lipinski definition) is 4. The molecular weight excluding hydrogens is 321 g/mol. The number of benzene rings is 1. The SMILES string of the molecule is O=C(NC[C@H]1CN(Cc2ccccc2)CCCO1)c1ccncc1F. The van der Waals surface area contributed by atoms with Gasteiger partial charge in [-0.05, 0) is 18.1 Å². The standard InChI is InChI=1S/C19H22FN3O2/c20-18-12-21-8-7-17(18)19(24)22-11-16-14-23(9-4-10-25-16)13-15-5-2-1-3-6-15/h1-3,5-8,12,16H,4,9-11,13-14H2,(H,22,24)/t16-/m0/s1. The highest BCUT2D eigenvalue weighted by atomic mass is 19.1. The molecule has 2 aromatic rings. The van der Waals surface area contributed by atoms with Crippen molar-refractivity contribution in [2.24, 2.45) is 0 Å². The van der Waals surface area contributed by atoms with E-state index in [1.54, 1.807) is 0 Å². The number of nitrogens with zero attached hydrogens (tertiary/aromatic N) is 2. The fourth-order valence-corrected chi connectivity index (χ4v) is 2.94. The number of carbonyl (C=O) groups is 1. The molecule has 5 nitrogen and oxygen atoms in total. The van der Waals surface area contributed by atoms with Crippen LogP contribution in [-0.4, -0.2) is 48.1 Å². The molecule has 1 atom stereocenters. The second-order valence-corrected chi connectivity index (χ2v) is 6.13. The second kappa shape index (κ2) is 8.69. The van der Waals surface area contributed by atoms with Crippen LogP contribution in [0.4, 0.5) is 4.39 Å². The van der Waals surface area contributed by atoms with Gasteiger partial charge < -0.3 is 10.1 Å². The van der Waals surface area contributed by atoms with E-state index in [1.165, 1.54) is 17.8 Å². The van der Waals surface area contributed by atoms with Gasteiger partial charge in [0, 0.05) is 39.0 Å². The van der Waals surface area contributed by atoms with E-state index in [0.717, 1.165) is 32.3 Å². The maximum atomic E-state index is 13.6. The molecule has 3 rings (SSSR count). The van der Waals surface area contributed by atoms with Gasteiger partial charge in [-0.3, -0.25) is 14.7 Å². The van der Waals surface area contributed by atoms with E-state index in [2.05, 4.69) is 27.3 Å². The van der Waals surface area contributed by atoms with Crippen molar-refractivity contribution in [3.05, 3.63) is 65.7 Å². The van der Waals surface area contributed by atoms with Crippen LogP contribution < -0.4 is 5.32 Å². The van der Waals surface area contributed by atoms with Gasteiger partial charge in [0.05, 0.1) is 17.9 Å². The lowest BCUT2D eigenvalue weighted by Crippen LogP contribution is -2.40. The molecule has 0 radical (unpaired) electrons. The molecule has 0 aliphatic carbocycles. The molecule has 2 heterocycles. The predicted molar refractivity (Wildman–Crippen MR) is 92.6 cm³/mol. The fourth-order valence-electron chi connectivity index (χ4n) is 2.94. The summed E-state index contributed by atoms with van der Waals surface area (Å²) in [5.41, 5.74) is 1.26. The zero-order valence-corrected chi connectivity index (χ0v) is 14.0. The van der Waals surface area contributed by atoms with Crippen LogP contribution in [0.15, 0.2) is 48.8 Å². The Labute approximate surface area is 146 Å². The summed E-state index contributed by atoms with van der Waals surface area (Å²) in [6.45, 7) is 3.56. The number of hydrogen-bond donors (Lipinski definition) is 1. The van der Waals surface area contributed by atoms with Crippen LogP contribution in [0, 0.1) is 5.82 Å². The van der Waals surface area contributed by atoms with E-state index in [-0.39, 0.29) is 11.7 Å². The van der Waals surface area contributed by atoms with Gasteiger partial charge in [-0.1, -0.05) is 30.3 Å². The van der Waals surface area contributed by atoms with Crippen LogP contribution in [0.3, 0.4) is 0 Å².